The van der Waals surface area contributed by atoms with Crippen LogP contribution in [-0.2, 0) is 9.59 Å². The third-order valence-electron chi connectivity index (χ3n) is 3.00. The number of carbonyl (C=O) groups excluding carboxylic acids is 1. The minimum Gasteiger partial charge on any atom is -0.480 e. The summed E-state index contributed by atoms with van der Waals surface area (Å²) in [4.78, 5) is 24.5. The van der Waals surface area contributed by atoms with Crippen molar-refractivity contribution in [3.05, 3.63) is 0 Å². The number of carbonyl (C=O) groups is 2. The van der Waals surface area contributed by atoms with Gasteiger partial charge in [0.25, 0.3) is 0 Å². The Morgan fingerprint density at radius 3 is 2.71 bits per heavy atom. The van der Waals surface area contributed by atoms with E-state index in [0.717, 1.165) is 12.8 Å². The van der Waals surface area contributed by atoms with Crippen LogP contribution in [0.15, 0.2) is 0 Å². The maximum absolute atomic E-state index is 11.9. The second-order valence-electron chi connectivity index (χ2n) is 4.80. The van der Waals surface area contributed by atoms with Crippen LogP contribution in [-0.4, -0.2) is 47.1 Å². The van der Waals surface area contributed by atoms with Crippen LogP contribution in [0.5, 0.6) is 0 Å². The second kappa shape index (κ2) is 6.59. The Balaban J connectivity index is 2.45. The van der Waals surface area contributed by atoms with Crippen molar-refractivity contribution in [2.24, 2.45) is 0 Å². The smallest absolute Gasteiger partial charge is 0.326 e. The molecule has 98 valence electrons. The van der Waals surface area contributed by atoms with Gasteiger partial charge in [-0.25, -0.2) is 4.79 Å². The molecule has 0 aliphatic carbocycles. The van der Waals surface area contributed by atoms with Gasteiger partial charge in [-0.2, -0.15) is 0 Å². The van der Waals surface area contributed by atoms with Gasteiger partial charge in [-0.05, 0) is 19.3 Å². The molecule has 0 saturated carbocycles. The molecule has 0 aromatic heterocycles. The third-order valence-corrected chi connectivity index (χ3v) is 3.00. The predicted octanol–water partition coefficient (Wildman–Crippen LogP) is 0.840. The molecule has 0 unspecified atom stereocenters. The van der Waals surface area contributed by atoms with E-state index in [2.05, 4.69) is 5.32 Å². The van der Waals surface area contributed by atoms with Crippen molar-refractivity contribution in [1.82, 2.24) is 10.2 Å². The molecule has 1 saturated heterocycles. The largest absolute Gasteiger partial charge is 0.480 e. The van der Waals surface area contributed by atoms with Crippen molar-refractivity contribution in [3.63, 3.8) is 0 Å². The number of hydrogen-bond acceptors (Lipinski definition) is 3. The zero-order chi connectivity index (χ0) is 12.8. The van der Waals surface area contributed by atoms with Crippen LogP contribution < -0.4 is 5.32 Å². The fourth-order valence-electron chi connectivity index (χ4n) is 2.10. The monoisotopic (exact) mass is 242 g/mol. The molecule has 1 fully saturated rings. The number of nitrogens with one attached hydrogen (secondary N) is 1. The minimum atomic E-state index is -0.880. The maximum atomic E-state index is 11.9. The minimum absolute atomic E-state index is 0.0507. The molecule has 1 amide bonds. The van der Waals surface area contributed by atoms with Gasteiger partial charge in [0.15, 0.2) is 0 Å². The van der Waals surface area contributed by atoms with E-state index in [1.807, 2.05) is 13.8 Å². The summed E-state index contributed by atoms with van der Waals surface area (Å²) >= 11 is 0. The summed E-state index contributed by atoms with van der Waals surface area (Å²) in [6.07, 6.45) is 2.76. The highest BCUT2D eigenvalue weighted by Crippen LogP contribution is 2.17. The highest BCUT2D eigenvalue weighted by Gasteiger charge is 2.31. The standard InChI is InChI=1S/C12H22N2O3/c1-9(2)13-7-6-11(15)14-8-4-3-5-10(14)12(16)17/h9-10,13H,3-8H2,1-2H3,(H,16,17)/t10-/m0/s1. The van der Waals surface area contributed by atoms with E-state index >= 15 is 0 Å². The van der Waals surface area contributed by atoms with E-state index in [1.54, 1.807) is 0 Å². The SMILES string of the molecule is CC(C)NCCC(=O)N1CCCC[C@H]1C(=O)O. The molecule has 5 nitrogen and oxygen atoms in total. The molecule has 1 rings (SSSR count). The van der Waals surface area contributed by atoms with Gasteiger partial charge in [0.1, 0.15) is 6.04 Å². The summed E-state index contributed by atoms with van der Waals surface area (Å²) < 4.78 is 0. The van der Waals surface area contributed by atoms with Crippen LogP contribution in [0.25, 0.3) is 0 Å². The van der Waals surface area contributed by atoms with Gasteiger partial charge in [-0.15, -0.1) is 0 Å². The average Bonchev–Trinajstić information content (AvgIpc) is 2.28. The van der Waals surface area contributed by atoms with E-state index in [0.29, 0.717) is 32.0 Å². The quantitative estimate of drug-likeness (QED) is 0.749. The lowest BCUT2D eigenvalue weighted by atomic mass is 10.0. The average molecular weight is 242 g/mol. The highest BCUT2D eigenvalue weighted by molar-refractivity contribution is 5.83. The zero-order valence-corrected chi connectivity index (χ0v) is 10.6. The maximum Gasteiger partial charge on any atom is 0.326 e. The van der Waals surface area contributed by atoms with Crippen molar-refractivity contribution in [1.29, 1.82) is 0 Å². The second-order valence-corrected chi connectivity index (χ2v) is 4.80. The van der Waals surface area contributed by atoms with Gasteiger partial charge in [0.05, 0.1) is 0 Å². The fourth-order valence-corrected chi connectivity index (χ4v) is 2.10. The molecular weight excluding hydrogens is 220 g/mol. The molecule has 0 spiro atoms. The summed E-state index contributed by atoms with van der Waals surface area (Å²) in [6.45, 7) is 5.23. The lowest BCUT2D eigenvalue weighted by Gasteiger charge is -2.33. The molecule has 2 N–H and O–H groups in total. The Morgan fingerprint density at radius 1 is 1.41 bits per heavy atom. The van der Waals surface area contributed by atoms with Gasteiger partial charge in [-0.3, -0.25) is 4.79 Å². The molecule has 1 aliphatic heterocycles. The normalized spacial score (nSPS) is 20.6. The van der Waals surface area contributed by atoms with Crippen molar-refractivity contribution in [2.45, 2.75) is 51.6 Å². The molecule has 0 bridgehead atoms. The number of piperidine rings is 1. The van der Waals surface area contributed by atoms with Crippen LogP contribution in [0.3, 0.4) is 0 Å². The molecule has 0 radical (unpaired) electrons. The van der Waals surface area contributed by atoms with Crippen LogP contribution in [0, 0.1) is 0 Å². The lowest BCUT2D eigenvalue weighted by Crippen LogP contribution is -2.48. The topological polar surface area (TPSA) is 69.6 Å². The number of aliphatic carboxylic acids is 1. The first-order chi connectivity index (χ1) is 8.02. The van der Waals surface area contributed by atoms with Crippen LogP contribution in [0.1, 0.15) is 39.5 Å². The first kappa shape index (κ1) is 14.0. The predicted molar refractivity (Wildman–Crippen MR) is 64.7 cm³/mol. The van der Waals surface area contributed by atoms with Crippen LogP contribution in [0.2, 0.25) is 0 Å². The van der Waals surface area contributed by atoms with Crippen LogP contribution in [0.4, 0.5) is 0 Å². The molecular formula is C12H22N2O3. The number of carboxylic acids is 1. The highest BCUT2D eigenvalue weighted by atomic mass is 16.4. The zero-order valence-electron chi connectivity index (χ0n) is 10.6. The van der Waals surface area contributed by atoms with Gasteiger partial charge in [0, 0.05) is 25.6 Å². The Hall–Kier alpha value is -1.10. The number of carboxylic acid groups (broad SMARTS) is 1. The van der Waals surface area contributed by atoms with E-state index in [1.165, 1.54) is 4.90 Å². The Labute approximate surface area is 102 Å². The van der Waals surface area contributed by atoms with Gasteiger partial charge in [-0.1, -0.05) is 13.8 Å². The van der Waals surface area contributed by atoms with Gasteiger partial charge >= 0.3 is 5.97 Å². The van der Waals surface area contributed by atoms with Crippen molar-refractivity contribution >= 4 is 11.9 Å². The van der Waals surface area contributed by atoms with E-state index in [9.17, 15) is 9.59 Å². The summed E-state index contributed by atoms with van der Waals surface area (Å²) in [5.74, 6) is -0.930. The molecule has 1 heterocycles. The molecule has 1 atom stereocenters. The van der Waals surface area contributed by atoms with Crippen molar-refractivity contribution < 1.29 is 14.7 Å². The third kappa shape index (κ3) is 4.34. The van der Waals surface area contributed by atoms with Gasteiger partial charge < -0.3 is 15.3 Å². The first-order valence-electron chi connectivity index (χ1n) is 6.28. The number of hydrogen-bond donors (Lipinski definition) is 2. The number of amides is 1. The van der Waals surface area contributed by atoms with E-state index in [4.69, 9.17) is 5.11 Å². The van der Waals surface area contributed by atoms with Gasteiger partial charge in [0.2, 0.25) is 5.91 Å². The molecule has 0 aromatic carbocycles. The molecule has 5 heteroatoms. The van der Waals surface area contributed by atoms with E-state index in [-0.39, 0.29) is 5.91 Å². The first-order valence-corrected chi connectivity index (χ1v) is 6.28. The molecule has 1 aliphatic rings. The molecule has 0 aromatic rings. The Bertz CT molecular complexity index is 279. The Kier molecular flexibility index (Phi) is 5.41. The van der Waals surface area contributed by atoms with Crippen molar-refractivity contribution in [2.75, 3.05) is 13.1 Å². The summed E-state index contributed by atoms with van der Waals surface area (Å²) in [6, 6.07) is -0.269. The number of rotatable bonds is 5. The number of likely N-dealkylation sites (tertiary alicyclic amines) is 1. The number of nitrogens with zero attached hydrogens (tertiary/aromatic N) is 1. The van der Waals surface area contributed by atoms with Crippen LogP contribution >= 0.6 is 0 Å². The molecule has 17 heavy (non-hydrogen) atoms. The Morgan fingerprint density at radius 2 is 2.12 bits per heavy atom. The summed E-state index contributed by atoms with van der Waals surface area (Å²) in [5.41, 5.74) is 0. The van der Waals surface area contributed by atoms with E-state index < -0.39 is 12.0 Å². The lowest BCUT2D eigenvalue weighted by molar-refractivity contribution is -0.152. The fraction of sp³-hybridized carbons (Fsp3) is 0.833. The summed E-state index contributed by atoms with van der Waals surface area (Å²) in [7, 11) is 0. The van der Waals surface area contributed by atoms with Crippen molar-refractivity contribution in [3.8, 4) is 0 Å². The summed E-state index contributed by atoms with van der Waals surface area (Å²) in [5, 5.41) is 12.2.